The Morgan fingerprint density at radius 1 is 1.29 bits per heavy atom. The third kappa shape index (κ3) is 4.14. The van der Waals surface area contributed by atoms with Gasteiger partial charge in [-0.25, -0.2) is 0 Å². The molecule has 0 aliphatic carbocycles. The van der Waals surface area contributed by atoms with E-state index in [0.29, 0.717) is 5.75 Å². The van der Waals surface area contributed by atoms with Gasteiger partial charge in [0.05, 0.1) is 0 Å². The van der Waals surface area contributed by atoms with Crippen LogP contribution in [0.5, 0.6) is 5.75 Å². The van der Waals surface area contributed by atoms with Crippen LogP contribution >= 0.6 is 0 Å². The van der Waals surface area contributed by atoms with Crippen molar-refractivity contribution in [3.63, 3.8) is 0 Å². The lowest BCUT2D eigenvalue weighted by Crippen LogP contribution is -2.47. The predicted octanol–water partition coefficient (Wildman–Crippen LogP) is 1.04. The summed E-state index contributed by atoms with van der Waals surface area (Å²) in [5, 5.41) is 10.7. The average molecular weight is 237 g/mol. The number of amides is 1. The third-order valence-corrected chi connectivity index (χ3v) is 2.06. The van der Waals surface area contributed by atoms with Crippen molar-refractivity contribution in [3.05, 3.63) is 30.3 Å². The van der Waals surface area contributed by atoms with Crippen LogP contribution in [0.15, 0.2) is 30.3 Å². The van der Waals surface area contributed by atoms with Crippen LogP contribution in [-0.2, 0) is 9.59 Å². The minimum Gasteiger partial charge on any atom is -0.480 e. The van der Waals surface area contributed by atoms with Crippen LogP contribution in [0.1, 0.15) is 13.8 Å². The molecule has 1 amide bonds. The topological polar surface area (TPSA) is 75.6 Å². The Bertz CT molecular complexity index is 400. The fourth-order valence-corrected chi connectivity index (χ4v) is 1.20. The number of hydrogen-bond acceptors (Lipinski definition) is 3. The lowest BCUT2D eigenvalue weighted by atomic mass is 10.1. The normalized spacial score (nSPS) is 10.7. The van der Waals surface area contributed by atoms with Crippen LogP contribution in [-0.4, -0.2) is 29.1 Å². The monoisotopic (exact) mass is 237 g/mol. The zero-order valence-corrected chi connectivity index (χ0v) is 9.77. The lowest BCUT2D eigenvalue weighted by molar-refractivity contribution is -0.141. The summed E-state index contributed by atoms with van der Waals surface area (Å²) < 4.78 is 5.49. The molecule has 92 valence electrons. The van der Waals surface area contributed by atoms with E-state index in [0.717, 1.165) is 0 Å². The number of carboxylic acid groups (broad SMARTS) is 1. The molecule has 0 aliphatic heterocycles. The van der Waals surface area contributed by atoms with E-state index in [1.807, 2.05) is 6.07 Å². The van der Waals surface area contributed by atoms with Gasteiger partial charge in [0.15, 0.2) is 5.60 Å². The number of hydrogen-bond donors (Lipinski definition) is 2. The van der Waals surface area contributed by atoms with E-state index in [4.69, 9.17) is 9.84 Å². The van der Waals surface area contributed by atoms with Crippen LogP contribution in [0.2, 0.25) is 0 Å². The Hall–Kier alpha value is -2.04. The first-order valence-electron chi connectivity index (χ1n) is 5.16. The zero-order valence-electron chi connectivity index (χ0n) is 9.77. The van der Waals surface area contributed by atoms with Crippen molar-refractivity contribution in [1.29, 1.82) is 0 Å². The summed E-state index contributed by atoms with van der Waals surface area (Å²) in [4.78, 5) is 22.0. The van der Waals surface area contributed by atoms with Crippen LogP contribution in [0.3, 0.4) is 0 Å². The summed E-state index contributed by atoms with van der Waals surface area (Å²) in [5.41, 5.74) is -1.11. The largest absolute Gasteiger partial charge is 0.480 e. The zero-order chi connectivity index (χ0) is 12.9. The van der Waals surface area contributed by atoms with Gasteiger partial charge in [-0.05, 0) is 26.0 Å². The molecule has 0 aromatic heterocycles. The molecule has 5 heteroatoms. The summed E-state index contributed by atoms with van der Waals surface area (Å²) in [5.74, 6) is -0.999. The van der Waals surface area contributed by atoms with E-state index in [1.165, 1.54) is 0 Å². The Kier molecular flexibility index (Phi) is 4.09. The summed E-state index contributed by atoms with van der Waals surface area (Å²) in [6.07, 6.45) is 0. The van der Waals surface area contributed by atoms with Gasteiger partial charge in [0, 0.05) is 0 Å². The molecule has 0 unspecified atom stereocenters. The fourth-order valence-electron chi connectivity index (χ4n) is 1.20. The number of rotatable bonds is 5. The second-order valence-corrected chi connectivity index (χ2v) is 4.00. The van der Waals surface area contributed by atoms with Gasteiger partial charge in [-0.2, -0.15) is 0 Å². The van der Waals surface area contributed by atoms with Crippen molar-refractivity contribution < 1.29 is 19.4 Å². The molecule has 0 saturated heterocycles. The average Bonchev–Trinajstić information content (AvgIpc) is 2.26. The molecule has 0 atom stereocenters. The quantitative estimate of drug-likeness (QED) is 0.802. The van der Waals surface area contributed by atoms with Gasteiger partial charge in [-0.1, -0.05) is 18.2 Å². The molecular weight excluding hydrogens is 222 g/mol. The van der Waals surface area contributed by atoms with Crippen molar-refractivity contribution in [3.8, 4) is 5.75 Å². The second-order valence-electron chi connectivity index (χ2n) is 4.00. The van der Waals surface area contributed by atoms with Gasteiger partial charge in [0.1, 0.15) is 12.3 Å². The van der Waals surface area contributed by atoms with Gasteiger partial charge in [0.2, 0.25) is 0 Å². The first-order chi connectivity index (χ1) is 7.92. The summed E-state index contributed by atoms with van der Waals surface area (Å²) in [6, 6.07) is 8.88. The Labute approximate surface area is 99.4 Å². The number of para-hydroxylation sites is 1. The maximum Gasteiger partial charge on any atom is 0.322 e. The number of benzene rings is 1. The molecule has 0 fully saturated rings. The number of ether oxygens (including phenoxy) is 1. The maximum atomic E-state index is 11.7. The van der Waals surface area contributed by atoms with Crippen molar-refractivity contribution in [2.75, 3.05) is 6.54 Å². The summed E-state index contributed by atoms with van der Waals surface area (Å²) >= 11 is 0. The molecule has 2 N–H and O–H groups in total. The standard InChI is InChI=1S/C12H15NO4/c1-12(2,11(16)13-8-10(14)15)17-9-6-4-3-5-7-9/h3-7H,8H2,1-2H3,(H,13,16)(H,14,15). The molecule has 1 aromatic rings. The van der Waals surface area contributed by atoms with Crippen molar-refractivity contribution in [1.82, 2.24) is 5.32 Å². The van der Waals surface area contributed by atoms with Crippen LogP contribution in [0, 0.1) is 0 Å². The van der Waals surface area contributed by atoms with Gasteiger partial charge in [-0.3, -0.25) is 9.59 Å². The third-order valence-electron chi connectivity index (χ3n) is 2.06. The van der Waals surface area contributed by atoms with Crippen LogP contribution in [0.25, 0.3) is 0 Å². The number of carbonyl (C=O) groups is 2. The van der Waals surface area contributed by atoms with Gasteiger partial charge < -0.3 is 15.2 Å². The number of carbonyl (C=O) groups excluding carboxylic acids is 1. The first kappa shape index (κ1) is 13.0. The molecule has 5 nitrogen and oxygen atoms in total. The molecule has 1 aromatic carbocycles. The van der Waals surface area contributed by atoms with Crippen LogP contribution < -0.4 is 10.1 Å². The molecule has 1 rings (SSSR count). The molecule has 0 bridgehead atoms. The van der Waals surface area contributed by atoms with Gasteiger partial charge >= 0.3 is 5.97 Å². The van der Waals surface area contributed by atoms with Crippen LogP contribution in [0.4, 0.5) is 0 Å². The highest BCUT2D eigenvalue weighted by Gasteiger charge is 2.29. The SMILES string of the molecule is CC(C)(Oc1ccccc1)C(=O)NCC(=O)O. The molecule has 0 radical (unpaired) electrons. The van der Waals surface area contributed by atoms with E-state index >= 15 is 0 Å². The fraction of sp³-hybridized carbons (Fsp3) is 0.333. The maximum absolute atomic E-state index is 11.7. The molecule has 0 aliphatic rings. The molecule has 17 heavy (non-hydrogen) atoms. The predicted molar refractivity (Wildman–Crippen MR) is 61.8 cm³/mol. The summed E-state index contributed by atoms with van der Waals surface area (Å²) in [6.45, 7) is 2.74. The van der Waals surface area contributed by atoms with E-state index in [1.54, 1.807) is 38.1 Å². The Morgan fingerprint density at radius 3 is 2.41 bits per heavy atom. The second kappa shape index (κ2) is 5.34. The minimum absolute atomic E-state index is 0.416. The number of carboxylic acids is 1. The minimum atomic E-state index is -1.11. The highest BCUT2D eigenvalue weighted by molar-refractivity contribution is 5.87. The Morgan fingerprint density at radius 2 is 1.88 bits per heavy atom. The molecule has 0 heterocycles. The smallest absolute Gasteiger partial charge is 0.322 e. The first-order valence-corrected chi connectivity index (χ1v) is 5.16. The molecule has 0 saturated carbocycles. The lowest BCUT2D eigenvalue weighted by Gasteiger charge is -2.24. The number of nitrogens with one attached hydrogen (secondary N) is 1. The molecular formula is C12H15NO4. The van der Waals surface area contributed by atoms with E-state index in [2.05, 4.69) is 5.32 Å². The van der Waals surface area contributed by atoms with Crippen molar-refractivity contribution in [2.24, 2.45) is 0 Å². The highest BCUT2D eigenvalue weighted by Crippen LogP contribution is 2.17. The highest BCUT2D eigenvalue weighted by atomic mass is 16.5. The van der Waals surface area contributed by atoms with E-state index in [9.17, 15) is 9.59 Å². The van der Waals surface area contributed by atoms with E-state index in [-0.39, 0.29) is 0 Å². The van der Waals surface area contributed by atoms with E-state index < -0.39 is 24.0 Å². The van der Waals surface area contributed by atoms with Gasteiger partial charge in [-0.15, -0.1) is 0 Å². The molecule has 0 spiro atoms. The summed E-state index contributed by atoms with van der Waals surface area (Å²) in [7, 11) is 0. The Balaban J connectivity index is 2.61. The number of aliphatic carboxylic acids is 1. The van der Waals surface area contributed by atoms with Gasteiger partial charge in [0.25, 0.3) is 5.91 Å². The van der Waals surface area contributed by atoms with Crippen molar-refractivity contribution in [2.45, 2.75) is 19.4 Å². The van der Waals surface area contributed by atoms with Crippen molar-refractivity contribution >= 4 is 11.9 Å².